The summed E-state index contributed by atoms with van der Waals surface area (Å²) in [4.78, 5) is 30.6. The van der Waals surface area contributed by atoms with E-state index in [4.69, 9.17) is 11.6 Å². The summed E-state index contributed by atoms with van der Waals surface area (Å²) in [7, 11) is 0. The molecule has 0 unspecified atom stereocenters. The topological polar surface area (TPSA) is 62.3 Å². The molecule has 24 heavy (non-hydrogen) atoms. The highest BCUT2D eigenvalue weighted by Gasteiger charge is 2.36. The molecule has 1 aliphatic heterocycles. The van der Waals surface area contributed by atoms with E-state index in [0.717, 1.165) is 5.69 Å². The van der Waals surface area contributed by atoms with Gasteiger partial charge in [-0.05, 0) is 31.2 Å². The maximum Gasteiger partial charge on any atom is 0.227 e. The van der Waals surface area contributed by atoms with Crippen molar-refractivity contribution in [2.45, 2.75) is 19.4 Å². The zero-order chi connectivity index (χ0) is 17.1. The second-order valence-corrected chi connectivity index (χ2v) is 6.25. The Morgan fingerprint density at radius 3 is 2.75 bits per heavy atom. The predicted molar refractivity (Wildman–Crippen MR) is 92.7 cm³/mol. The Bertz CT molecular complexity index is 751. The zero-order valence-corrected chi connectivity index (χ0v) is 14.0. The minimum absolute atomic E-state index is 0.0891. The normalized spacial score (nSPS) is 18.5. The Balaban J connectivity index is 1.67. The van der Waals surface area contributed by atoms with Gasteiger partial charge >= 0.3 is 0 Å². The second kappa shape index (κ2) is 7.01. The third-order valence-electron chi connectivity index (χ3n) is 4.13. The van der Waals surface area contributed by atoms with Crippen molar-refractivity contribution >= 4 is 29.1 Å². The second-order valence-electron chi connectivity index (χ2n) is 5.84. The molecule has 1 saturated heterocycles. The molecule has 2 atom stereocenters. The van der Waals surface area contributed by atoms with Gasteiger partial charge in [0.25, 0.3) is 0 Å². The largest absolute Gasteiger partial charge is 0.348 e. The molecule has 1 N–H and O–H groups in total. The number of nitrogens with one attached hydrogen (secondary N) is 1. The number of amides is 2. The fraction of sp³-hybridized carbons (Fsp3) is 0.278. The quantitative estimate of drug-likeness (QED) is 0.928. The Labute approximate surface area is 145 Å². The molecule has 2 amide bonds. The number of anilines is 1. The van der Waals surface area contributed by atoms with Crippen LogP contribution in [0.2, 0.25) is 5.02 Å². The lowest BCUT2D eigenvalue weighted by atomic mass is 10.1. The number of hydrogen-bond donors (Lipinski definition) is 1. The van der Waals surface area contributed by atoms with Crippen LogP contribution in [-0.4, -0.2) is 23.3 Å². The highest BCUT2D eigenvalue weighted by Crippen LogP contribution is 2.31. The smallest absolute Gasteiger partial charge is 0.227 e. The van der Waals surface area contributed by atoms with Gasteiger partial charge in [0.1, 0.15) is 0 Å². The van der Waals surface area contributed by atoms with Crippen LogP contribution in [0.3, 0.4) is 0 Å². The summed E-state index contributed by atoms with van der Waals surface area (Å²) in [6.07, 6.45) is 1.88. The van der Waals surface area contributed by atoms with Crippen LogP contribution < -0.4 is 10.2 Å². The number of para-hydroxylation sites is 1. The van der Waals surface area contributed by atoms with E-state index >= 15 is 0 Å². The van der Waals surface area contributed by atoms with Crippen molar-refractivity contribution in [3.05, 3.63) is 59.4 Å². The first-order chi connectivity index (χ1) is 11.6. The molecule has 3 rings (SSSR count). The molecule has 1 fully saturated rings. The number of halogens is 1. The summed E-state index contributed by atoms with van der Waals surface area (Å²) in [6.45, 7) is 2.21. The van der Waals surface area contributed by atoms with E-state index in [2.05, 4.69) is 10.3 Å². The number of rotatable bonds is 4. The van der Waals surface area contributed by atoms with Gasteiger partial charge in [-0.3, -0.25) is 14.6 Å². The molecule has 6 heteroatoms. The first-order valence-corrected chi connectivity index (χ1v) is 8.20. The Hall–Kier alpha value is -2.40. The maximum absolute atomic E-state index is 12.5. The third-order valence-corrected chi connectivity index (χ3v) is 4.45. The standard InChI is InChI=1S/C18H18ClN3O2/c1-12(15-7-4-5-9-20-15)21-18(24)13-10-17(23)22(11-13)16-8-3-2-6-14(16)19/h2-9,12-13H,10-11H2,1H3,(H,21,24)/t12-,13+/m0/s1. The SMILES string of the molecule is C[C@H](NC(=O)[C@@H]1CC(=O)N(c2ccccc2Cl)C1)c1ccccn1. The molecule has 0 spiro atoms. The van der Waals surface area contributed by atoms with Crippen molar-refractivity contribution in [3.63, 3.8) is 0 Å². The molecule has 2 heterocycles. The first kappa shape index (κ1) is 16.5. The fourth-order valence-electron chi connectivity index (χ4n) is 2.82. The van der Waals surface area contributed by atoms with Crippen LogP contribution in [0.5, 0.6) is 0 Å². The Morgan fingerprint density at radius 1 is 1.29 bits per heavy atom. The fourth-order valence-corrected chi connectivity index (χ4v) is 3.06. The van der Waals surface area contributed by atoms with Gasteiger partial charge in [-0.2, -0.15) is 0 Å². The van der Waals surface area contributed by atoms with Crippen molar-refractivity contribution in [2.75, 3.05) is 11.4 Å². The average Bonchev–Trinajstić information content (AvgIpc) is 2.98. The van der Waals surface area contributed by atoms with E-state index in [0.29, 0.717) is 17.3 Å². The molecule has 0 aliphatic carbocycles. The van der Waals surface area contributed by atoms with Crippen molar-refractivity contribution in [3.8, 4) is 0 Å². The van der Waals surface area contributed by atoms with Gasteiger partial charge in [0, 0.05) is 19.2 Å². The Morgan fingerprint density at radius 2 is 2.04 bits per heavy atom. The summed E-state index contributed by atoms with van der Waals surface area (Å²) in [5.74, 6) is -0.621. The monoisotopic (exact) mass is 343 g/mol. The number of pyridine rings is 1. The van der Waals surface area contributed by atoms with Gasteiger partial charge in [0.05, 0.1) is 28.4 Å². The van der Waals surface area contributed by atoms with Crippen LogP contribution in [0.15, 0.2) is 48.7 Å². The molecular weight excluding hydrogens is 326 g/mol. The van der Waals surface area contributed by atoms with Crippen LogP contribution >= 0.6 is 11.6 Å². The van der Waals surface area contributed by atoms with Crippen LogP contribution in [0.25, 0.3) is 0 Å². The van der Waals surface area contributed by atoms with Gasteiger partial charge in [0.15, 0.2) is 0 Å². The van der Waals surface area contributed by atoms with Crippen molar-refractivity contribution < 1.29 is 9.59 Å². The average molecular weight is 344 g/mol. The van der Waals surface area contributed by atoms with Gasteiger partial charge in [-0.25, -0.2) is 0 Å². The molecule has 124 valence electrons. The molecule has 1 aliphatic rings. The summed E-state index contributed by atoms with van der Waals surface area (Å²) in [5.41, 5.74) is 1.44. The molecule has 0 saturated carbocycles. The molecular formula is C18H18ClN3O2. The van der Waals surface area contributed by atoms with E-state index in [-0.39, 0.29) is 30.2 Å². The lowest BCUT2D eigenvalue weighted by molar-refractivity contribution is -0.126. The number of benzene rings is 1. The van der Waals surface area contributed by atoms with E-state index < -0.39 is 0 Å². The summed E-state index contributed by atoms with van der Waals surface area (Å²) in [6, 6.07) is 12.5. The minimum atomic E-state index is -0.389. The van der Waals surface area contributed by atoms with Crippen molar-refractivity contribution in [1.82, 2.24) is 10.3 Å². The number of aromatic nitrogens is 1. The highest BCUT2D eigenvalue weighted by molar-refractivity contribution is 6.33. The van der Waals surface area contributed by atoms with Gasteiger partial charge in [-0.1, -0.05) is 29.8 Å². The predicted octanol–water partition coefficient (Wildman–Crippen LogP) is 2.97. The van der Waals surface area contributed by atoms with Crippen molar-refractivity contribution in [2.24, 2.45) is 5.92 Å². The first-order valence-electron chi connectivity index (χ1n) is 7.82. The lowest BCUT2D eigenvalue weighted by Gasteiger charge is -2.19. The van der Waals surface area contributed by atoms with E-state index in [1.54, 1.807) is 23.2 Å². The Kier molecular flexibility index (Phi) is 4.81. The summed E-state index contributed by atoms with van der Waals surface area (Å²) >= 11 is 6.16. The van der Waals surface area contributed by atoms with Crippen LogP contribution in [0.1, 0.15) is 25.1 Å². The maximum atomic E-state index is 12.5. The number of hydrogen-bond acceptors (Lipinski definition) is 3. The highest BCUT2D eigenvalue weighted by atomic mass is 35.5. The van der Waals surface area contributed by atoms with Crippen LogP contribution in [0, 0.1) is 5.92 Å². The molecule has 1 aromatic carbocycles. The summed E-state index contributed by atoms with van der Waals surface area (Å²) in [5, 5.41) is 3.44. The minimum Gasteiger partial charge on any atom is -0.348 e. The van der Waals surface area contributed by atoms with E-state index in [1.807, 2.05) is 37.3 Å². The van der Waals surface area contributed by atoms with Gasteiger partial charge in [-0.15, -0.1) is 0 Å². The van der Waals surface area contributed by atoms with Crippen LogP contribution in [0.4, 0.5) is 5.69 Å². The lowest BCUT2D eigenvalue weighted by Crippen LogP contribution is -2.34. The van der Waals surface area contributed by atoms with E-state index in [9.17, 15) is 9.59 Å². The summed E-state index contributed by atoms with van der Waals surface area (Å²) < 4.78 is 0. The molecule has 5 nitrogen and oxygen atoms in total. The zero-order valence-electron chi connectivity index (χ0n) is 13.3. The number of nitrogens with zero attached hydrogens (tertiary/aromatic N) is 2. The van der Waals surface area contributed by atoms with Gasteiger partial charge < -0.3 is 10.2 Å². The molecule has 2 aromatic rings. The molecule has 1 aromatic heterocycles. The number of carbonyl (C=O) groups is 2. The van der Waals surface area contributed by atoms with E-state index in [1.165, 1.54) is 0 Å². The molecule has 0 radical (unpaired) electrons. The van der Waals surface area contributed by atoms with Crippen molar-refractivity contribution in [1.29, 1.82) is 0 Å². The molecule has 0 bridgehead atoms. The third kappa shape index (κ3) is 3.41. The number of carbonyl (C=O) groups excluding carboxylic acids is 2. The van der Waals surface area contributed by atoms with Crippen LogP contribution in [-0.2, 0) is 9.59 Å². The van der Waals surface area contributed by atoms with Gasteiger partial charge in [0.2, 0.25) is 11.8 Å².